The van der Waals surface area contributed by atoms with Crippen LogP contribution in [0.2, 0.25) is 18.1 Å². The van der Waals surface area contributed by atoms with E-state index < -0.39 is 8.32 Å². The Morgan fingerprint density at radius 1 is 1.41 bits per heavy atom. The first kappa shape index (κ1) is 12.6. The summed E-state index contributed by atoms with van der Waals surface area (Å²) in [5, 5.41) is 9.60. The predicted molar refractivity (Wildman–Crippen MR) is 73.5 cm³/mol. The van der Waals surface area contributed by atoms with E-state index in [-0.39, 0.29) is 11.1 Å². The van der Waals surface area contributed by atoms with Gasteiger partial charge in [-0.1, -0.05) is 26.8 Å². The van der Waals surface area contributed by atoms with Gasteiger partial charge in [0.2, 0.25) is 0 Å². The first-order chi connectivity index (χ1) is 7.79. The second-order valence-corrected chi connectivity index (χ2v) is 11.0. The fraction of sp³-hybridized carbons (Fsp3) is 0.615. The number of rotatable bonds is 2. The van der Waals surface area contributed by atoms with Crippen molar-refractivity contribution in [3.63, 3.8) is 0 Å². The fourth-order valence-corrected chi connectivity index (χ4v) is 3.02. The maximum atomic E-state index is 6.38. The molecule has 0 spiro atoms. The average molecular weight is 250 g/mol. The molecule has 94 valence electrons. The monoisotopic (exact) mass is 250 g/mol. The topological polar surface area (TPSA) is 37.9 Å². The van der Waals surface area contributed by atoms with Crippen LogP contribution in [0, 0.1) is 0 Å². The molecule has 0 aromatic carbocycles. The Bertz CT molecular complexity index is 510. The van der Waals surface area contributed by atoms with Crippen molar-refractivity contribution in [2.45, 2.75) is 51.4 Å². The van der Waals surface area contributed by atoms with Crippen LogP contribution in [0.4, 0.5) is 0 Å². The molecule has 1 heterocycles. The SMILES string of the molecule is CC(C)(C)[Si](C)(C)OC1C=c2cn[nH]c2=CC1. The maximum absolute atomic E-state index is 6.38. The highest BCUT2D eigenvalue weighted by atomic mass is 28.4. The Morgan fingerprint density at radius 2 is 2.12 bits per heavy atom. The minimum Gasteiger partial charge on any atom is -0.410 e. The zero-order chi connectivity index (χ0) is 12.7. The van der Waals surface area contributed by atoms with E-state index in [2.05, 4.69) is 56.2 Å². The van der Waals surface area contributed by atoms with E-state index in [9.17, 15) is 0 Å². The molecule has 3 nitrogen and oxygen atoms in total. The van der Waals surface area contributed by atoms with Crippen molar-refractivity contribution in [2.24, 2.45) is 0 Å². The number of aromatic amines is 1. The van der Waals surface area contributed by atoms with Crippen molar-refractivity contribution in [2.75, 3.05) is 0 Å². The van der Waals surface area contributed by atoms with E-state index in [4.69, 9.17) is 4.43 Å². The standard InChI is InChI=1S/C13H22N2OSi/c1-13(2,3)17(4,5)16-11-6-7-12-10(8-11)9-14-15-12/h7-9,11,15H,6H2,1-5H3. The molecule has 1 N–H and O–H groups in total. The minimum absolute atomic E-state index is 0.209. The smallest absolute Gasteiger partial charge is 0.192 e. The van der Waals surface area contributed by atoms with Gasteiger partial charge in [-0.15, -0.1) is 0 Å². The van der Waals surface area contributed by atoms with E-state index in [1.807, 2.05) is 6.20 Å². The molecule has 1 aliphatic rings. The Balaban J connectivity index is 2.18. The summed E-state index contributed by atoms with van der Waals surface area (Å²) in [5.74, 6) is 0. The molecule has 1 aromatic rings. The first-order valence-corrected chi connectivity index (χ1v) is 9.10. The lowest BCUT2D eigenvalue weighted by Crippen LogP contribution is -2.44. The van der Waals surface area contributed by atoms with Crippen molar-refractivity contribution in [1.29, 1.82) is 0 Å². The highest BCUT2D eigenvalue weighted by Gasteiger charge is 2.38. The molecule has 1 aliphatic carbocycles. The summed E-state index contributed by atoms with van der Waals surface area (Å²) in [7, 11) is -1.68. The van der Waals surface area contributed by atoms with E-state index in [1.165, 1.54) is 5.22 Å². The molecule has 0 amide bonds. The van der Waals surface area contributed by atoms with Crippen LogP contribution in [0.1, 0.15) is 27.2 Å². The van der Waals surface area contributed by atoms with E-state index in [0.717, 1.165) is 11.8 Å². The molecular weight excluding hydrogens is 228 g/mol. The van der Waals surface area contributed by atoms with Crippen LogP contribution in [-0.2, 0) is 4.43 Å². The molecule has 17 heavy (non-hydrogen) atoms. The zero-order valence-electron chi connectivity index (χ0n) is 11.4. The Hall–Kier alpha value is -0.873. The highest BCUT2D eigenvalue weighted by Crippen LogP contribution is 2.37. The molecule has 1 unspecified atom stereocenters. The summed E-state index contributed by atoms with van der Waals surface area (Å²) in [6.07, 6.45) is 7.40. The van der Waals surface area contributed by atoms with Crippen LogP contribution in [0.25, 0.3) is 12.2 Å². The van der Waals surface area contributed by atoms with Crippen molar-refractivity contribution in [3.8, 4) is 0 Å². The van der Waals surface area contributed by atoms with Crippen LogP contribution in [-0.4, -0.2) is 24.6 Å². The molecule has 0 saturated heterocycles. The highest BCUT2D eigenvalue weighted by molar-refractivity contribution is 6.74. The number of hydrogen-bond donors (Lipinski definition) is 1. The number of aromatic nitrogens is 2. The Labute approximate surface area is 104 Å². The fourth-order valence-electron chi connectivity index (χ4n) is 1.74. The minimum atomic E-state index is -1.68. The third kappa shape index (κ3) is 2.53. The number of hydrogen-bond acceptors (Lipinski definition) is 2. The number of nitrogens with one attached hydrogen (secondary N) is 1. The maximum Gasteiger partial charge on any atom is 0.192 e. The number of fused-ring (bicyclic) bond motifs is 1. The lowest BCUT2D eigenvalue weighted by atomic mass is 10.1. The van der Waals surface area contributed by atoms with Gasteiger partial charge < -0.3 is 4.43 Å². The molecule has 1 atom stereocenters. The summed E-state index contributed by atoms with van der Waals surface area (Å²) in [4.78, 5) is 0. The molecule has 2 rings (SSSR count). The van der Waals surface area contributed by atoms with Gasteiger partial charge in [-0.3, -0.25) is 5.10 Å². The second-order valence-electron chi connectivity index (χ2n) is 6.26. The third-order valence-corrected chi connectivity index (χ3v) is 8.38. The van der Waals surface area contributed by atoms with Gasteiger partial charge in [0.05, 0.1) is 17.6 Å². The zero-order valence-corrected chi connectivity index (χ0v) is 12.4. The number of nitrogens with zero attached hydrogens (tertiary/aromatic N) is 1. The van der Waals surface area contributed by atoms with Crippen LogP contribution in [0.3, 0.4) is 0 Å². The van der Waals surface area contributed by atoms with E-state index in [0.29, 0.717) is 0 Å². The van der Waals surface area contributed by atoms with Crippen LogP contribution >= 0.6 is 0 Å². The molecule has 0 fully saturated rings. The normalized spacial score (nSPS) is 20.4. The van der Waals surface area contributed by atoms with Crippen molar-refractivity contribution in [1.82, 2.24) is 10.2 Å². The van der Waals surface area contributed by atoms with Crippen molar-refractivity contribution < 1.29 is 4.43 Å². The molecular formula is C13H22N2OSi. The summed E-state index contributed by atoms with van der Waals surface area (Å²) < 4.78 is 6.38. The molecule has 0 radical (unpaired) electrons. The Morgan fingerprint density at radius 3 is 2.76 bits per heavy atom. The van der Waals surface area contributed by atoms with Gasteiger partial charge in [0.1, 0.15) is 0 Å². The van der Waals surface area contributed by atoms with E-state index in [1.54, 1.807) is 0 Å². The molecule has 1 aromatic heterocycles. The number of H-pyrrole nitrogens is 1. The second kappa shape index (κ2) is 4.10. The van der Waals surface area contributed by atoms with Crippen molar-refractivity contribution >= 4 is 20.5 Å². The van der Waals surface area contributed by atoms with Gasteiger partial charge in [-0.05, 0) is 30.6 Å². The van der Waals surface area contributed by atoms with Crippen molar-refractivity contribution in [3.05, 3.63) is 16.8 Å². The average Bonchev–Trinajstić information content (AvgIpc) is 2.62. The Kier molecular flexibility index (Phi) is 3.04. The van der Waals surface area contributed by atoms with Gasteiger partial charge >= 0.3 is 0 Å². The van der Waals surface area contributed by atoms with Gasteiger partial charge in [0.15, 0.2) is 8.32 Å². The molecule has 0 aliphatic heterocycles. The molecule has 0 bridgehead atoms. The molecule has 0 saturated carbocycles. The van der Waals surface area contributed by atoms with Gasteiger partial charge in [0.25, 0.3) is 0 Å². The first-order valence-electron chi connectivity index (χ1n) is 6.19. The summed E-state index contributed by atoms with van der Waals surface area (Å²) >= 11 is 0. The lowest BCUT2D eigenvalue weighted by Gasteiger charge is -2.38. The van der Waals surface area contributed by atoms with Crippen LogP contribution in [0.15, 0.2) is 6.20 Å². The quantitative estimate of drug-likeness (QED) is 0.812. The summed E-state index contributed by atoms with van der Waals surface area (Å²) in [5.41, 5.74) is 0. The summed E-state index contributed by atoms with van der Waals surface area (Å²) in [6.45, 7) is 11.4. The van der Waals surface area contributed by atoms with Crippen LogP contribution < -0.4 is 10.6 Å². The van der Waals surface area contributed by atoms with Gasteiger partial charge in [-0.25, -0.2) is 0 Å². The van der Waals surface area contributed by atoms with Crippen LogP contribution in [0.5, 0.6) is 0 Å². The van der Waals surface area contributed by atoms with E-state index >= 15 is 0 Å². The van der Waals surface area contributed by atoms with Gasteiger partial charge in [-0.2, -0.15) is 5.10 Å². The van der Waals surface area contributed by atoms with Gasteiger partial charge in [0, 0.05) is 5.22 Å². The molecule has 4 heteroatoms. The third-order valence-electron chi connectivity index (χ3n) is 3.87. The summed E-state index contributed by atoms with van der Waals surface area (Å²) in [6, 6.07) is 0. The largest absolute Gasteiger partial charge is 0.410 e. The predicted octanol–water partition coefficient (Wildman–Crippen LogP) is 1.76. The lowest BCUT2D eigenvalue weighted by molar-refractivity contribution is 0.243.